The molecule has 3 nitrogen and oxygen atoms in total. The maximum Gasteiger partial charge on any atom is 0.416 e. The van der Waals surface area contributed by atoms with Gasteiger partial charge in [-0.3, -0.25) is 4.98 Å². The summed E-state index contributed by atoms with van der Waals surface area (Å²) in [5.74, 6) is 0.543. The molecule has 0 atom stereocenters. The fraction of sp³-hybridized carbons (Fsp3) is 0.438. The SMILES string of the molecule is NCC1CCN(c2ccnc3cc(C(F)(F)F)ccc23)CC1. The van der Waals surface area contributed by atoms with Crippen molar-refractivity contribution in [1.82, 2.24) is 4.98 Å². The Hall–Kier alpha value is -1.82. The molecule has 0 saturated carbocycles. The average molecular weight is 309 g/mol. The highest BCUT2D eigenvalue weighted by molar-refractivity contribution is 5.92. The molecule has 1 fully saturated rings. The Balaban J connectivity index is 1.94. The van der Waals surface area contributed by atoms with Crippen LogP contribution in [0.15, 0.2) is 30.5 Å². The Labute approximate surface area is 126 Å². The molecular weight excluding hydrogens is 291 g/mol. The summed E-state index contributed by atoms with van der Waals surface area (Å²) in [6.07, 6.45) is -0.736. The minimum Gasteiger partial charge on any atom is -0.371 e. The van der Waals surface area contributed by atoms with Crippen molar-refractivity contribution >= 4 is 16.6 Å². The topological polar surface area (TPSA) is 42.1 Å². The lowest BCUT2D eigenvalue weighted by molar-refractivity contribution is -0.137. The Morgan fingerprint density at radius 1 is 1.18 bits per heavy atom. The molecule has 3 rings (SSSR count). The van der Waals surface area contributed by atoms with Crippen LogP contribution >= 0.6 is 0 Å². The number of rotatable bonds is 2. The molecule has 1 aliphatic heterocycles. The van der Waals surface area contributed by atoms with Gasteiger partial charge < -0.3 is 10.6 Å². The number of hydrogen-bond acceptors (Lipinski definition) is 3. The minimum atomic E-state index is -4.34. The van der Waals surface area contributed by atoms with Gasteiger partial charge in [0.2, 0.25) is 0 Å². The molecule has 1 aliphatic rings. The van der Waals surface area contributed by atoms with Crippen molar-refractivity contribution in [3.05, 3.63) is 36.0 Å². The van der Waals surface area contributed by atoms with Gasteiger partial charge in [-0.05, 0) is 43.5 Å². The zero-order chi connectivity index (χ0) is 15.7. The Morgan fingerprint density at radius 3 is 2.55 bits per heavy atom. The van der Waals surface area contributed by atoms with Crippen molar-refractivity contribution < 1.29 is 13.2 Å². The van der Waals surface area contributed by atoms with Crippen LogP contribution in [0.2, 0.25) is 0 Å². The fourth-order valence-corrected chi connectivity index (χ4v) is 2.99. The summed E-state index contributed by atoms with van der Waals surface area (Å²) in [5, 5.41) is 0.765. The van der Waals surface area contributed by atoms with E-state index in [4.69, 9.17) is 5.73 Å². The van der Waals surface area contributed by atoms with Crippen LogP contribution in [0.5, 0.6) is 0 Å². The maximum atomic E-state index is 12.8. The van der Waals surface area contributed by atoms with E-state index in [1.165, 1.54) is 6.07 Å². The van der Waals surface area contributed by atoms with Gasteiger partial charge in [0.1, 0.15) is 0 Å². The van der Waals surface area contributed by atoms with Crippen LogP contribution in [-0.4, -0.2) is 24.6 Å². The zero-order valence-electron chi connectivity index (χ0n) is 12.1. The van der Waals surface area contributed by atoms with Gasteiger partial charge in [0.15, 0.2) is 0 Å². The van der Waals surface area contributed by atoms with E-state index in [0.29, 0.717) is 18.0 Å². The van der Waals surface area contributed by atoms with Crippen molar-refractivity contribution in [2.75, 3.05) is 24.5 Å². The van der Waals surface area contributed by atoms with Gasteiger partial charge in [-0.15, -0.1) is 0 Å². The van der Waals surface area contributed by atoms with Gasteiger partial charge in [-0.25, -0.2) is 0 Å². The van der Waals surface area contributed by atoms with Crippen LogP contribution in [0, 0.1) is 5.92 Å². The number of nitrogens with zero attached hydrogens (tertiary/aromatic N) is 2. The van der Waals surface area contributed by atoms with Crippen molar-refractivity contribution in [3.63, 3.8) is 0 Å². The number of halogens is 3. The van der Waals surface area contributed by atoms with Crippen molar-refractivity contribution in [2.45, 2.75) is 19.0 Å². The van der Waals surface area contributed by atoms with E-state index in [9.17, 15) is 13.2 Å². The second kappa shape index (κ2) is 5.76. The number of fused-ring (bicyclic) bond motifs is 1. The predicted molar refractivity (Wildman–Crippen MR) is 80.7 cm³/mol. The summed E-state index contributed by atoms with van der Waals surface area (Å²) in [6, 6.07) is 5.64. The van der Waals surface area contributed by atoms with Gasteiger partial charge in [-0.2, -0.15) is 13.2 Å². The Bertz CT molecular complexity index is 661. The molecule has 1 saturated heterocycles. The number of nitrogens with two attached hydrogens (primary N) is 1. The van der Waals surface area contributed by atoms with Crippen molar-refractivity contribution in [3.8, 4) is 0 Å². The Morgan fingerprint density at radius 2 is 1.91 bits per heavy atom. The summed E-state index contributed by atoms with van der Waals surface area (Å²) in [5.41, 5.74) is 6.38. The van der Waals surface area contributed by atoms with Gasteiger partial charge in [0.05, 0.1) is 11.1 Å². The third kappa shape index (κ3) is 2.88. The highest BCUT2D eigenvalue weighted by Crippen LogP contribution is 2.34. The molecule has 2 aromatic rings. The first-order valence-electron chi connectivity index (χ1n) is 7.40. The molecule has 1 aromatic carbocycles. The molecule has 2 N–H and O–H groups in total. The second-order valence-corrected chi connectivity index (χ2v) is 5.73. The number of benzene rings is 1. The maximum absolute atomic E-state index is 12.8. The van der Waals surface area contributed by atoms with Gasteiger partial charge in [-0.1, -0.05) is 6.07 Å². The molecule has 1 aromatic heterocycles. The molecule has 22 heavy (non-hydrogen) atoms. The molecule has 0 unspecified atom stereocenters. The first-order valence-corrected chi connectivity index (χ1v) is 7.40. The average Bonchev–Trinajstić information content (AvgIpc) is 2.53. The third-order valence-corrected chi connectivity index (χ3v) is 4.34. The fourth-order valence-electron chi connectivity index (χ4n) is 2.99. The molecule has 0 amide bonds. The highest BCUT2D eigenvalue weighted by atomic mass is 19.4. The predicted octanol–water partition coefficient (Wildman–Crippen LogP) is 3.43. The standard InChI is InChI=1S/C16H18F3N3/c17-16(18,19)12-1-2-13-14(9-12)21-6-3-15(13)22-7-4-11(10-20)5-8-22/h1-3,6,9,11H,4-5,7-8,10,20H2. The van der Waals surface area contributed by atoms with Crippen LogP contribution in [0.4, 0.5) is 18.9 Å². The molecule has 0 radical (unpaired) electrons. The van der Waals surface area contributed by atoms with Gasteiger partial charge in [0, 0.05) is 30.4 Å². The van der Waals surface area contributed by atoms with E-state index in [0.717, 1.165) is 49.1 Å². The largest absolute Gasteiger partial charge is 0.416 e. The lowest BCUT2D eigenvalue weighted by Crippen LogP contribution is -2.36. The summed E-state index contributed by atoms with van der Waals surface area (Å²) in [7, 11) is 0. The molecule has 6 heteroatoms. The molecule has 0 bridgehead atoms. The van der Waals surface area contributed by atoms with Gasteiger partial charge >= 0.3 is 6.18 Å². The van der Waals surface area contributed by atoms with Crippen LogP contribution in [-0.2, 0) is 6.18 Å². The number of piperidine rings is 1. The Kier molecular flexibility index (Phi) is 3.95. The monoisotopic (exact) mass is 309 g/mol. The van der Waals surface area contributed by atoms with Crippen LogP contribution in [0.25, 0.3) is 10.9 Å². The number of hydrogen-bond donors (Lipinski definition) is 1. The second-order valence-electron chi connectivity index (χ2n) is 5.73. The lowest BCUT2D eigenvalue weighted by Gasteiger charge is -2.33. The summed E-state index contributed by atoms with van der Waals surface area (Å²) in [6.45, 7) is 2.45. The quantitative estimate of drug-likeness (QED) is 0.924. The molecule has 0 aliphatic carbocycles. The van der Waals surface area contributed by atoms with Crippen molar-refractivity contribution in [2.24, 2.45) is 11.7 Å². The first kappa shape index (κ1) is 15.1. The van der Waals surface area contributed by atoms with Crippen molar-refractivity contribution in [1.29, 1.82) is 0 Å². The molecule has 2 heterocycles. The highest BCUT2D eigenvalue weighted by Gasteiger charge is 2.31. The first-order chi connectivity index (χ1) is 10.5. The van der Waals surface area contributed by atoms with Crippen LogP contribution in [0.3, 0.4) is 0 Å². The van der Waals surface area contributed by atoms with E-state index in [-0.39, 0.29) is 0 Å². The van der Waals surface area contributed by atoms with E-state index in [1.54, 1.807) is 6.20 Å². The van der Waals surface area contributed by atoms with Gasteiger partial charge in [0.25, 0.3) is 0 Å². The van der Waals surface area contributed by atoms with E-state index >= 15 is 0 Å². The molecule has 118 valence electrons. The smallest absolute Gasteiger partial charge is 0.371 e. The molecule has 0 spiro atoms. The number of anilines is 1. The van der Waals surface area contributed by atoms with E-state index in [2.05, 4.69) is 9.88 Å². The number of pyridine rings is 1. The van der Waals surface area contributed by atoms with Crippen LogP contribution < -0.4 is 10.6 Å². The van der Waals surface area contributed by atoms with E-state index < -0.39 is 11.7 Å². The third-order valence-electron chi connectivity index (χ3n) is 4.34. The molecular formula is C16H18F3N3. The minimum absolute atomic E-state index is 0.383. The zero-order valence-corrected chi connectivity index (χ0v) is 12.1. The van der Waals surface area contributed by atoms with Crippen LogP contribution in [0.1, 0.15) is 18.4 Å². The summed E-state index contributed by atoms with van der Waals surface area (Å²) < 4.78 is 38.4. The number of alkyl halides is 3. The lowest BCUT2D eigenvalue weighted by atomic mass is 9.96. The van der Waals surface area contributed by atoms with E-state index in [1.807, 2.05) is 6.07 Å². The summed E-state index contributed by atoms with van der Waals surface area (Å²) in [4.78, 5) is 6.31. The summed E-state index contributed by atoms with van der Waals surface area (Å²) >= 11 is 0. The normalized spacial score (nSPS) is 17.2. The number of aromatic nitrogens is 1.